The molecule has 0 aromatic heterocycles. The van der Waals surface area contributed by atoms with Gasteiger partial charge in [-0.15, -0.1) is 0 Å². The third kappa shape index (κ3) is 6.23. The normalized spacial score (nSPS) is 16.1. The van der Waals surface area contributed by atoms with Crippen LogP contribution in [0.2, 0.25) is 5.02 Å². The Balaban J connectivity index is 1.35. The molecule has 40 heavy (non-hydrogen) atoms. The highest BCUT2D eigenvalue weighted by atomic mass is 35.5. The van der Waals surface area contributed by atoms with Gasteiger partial charge in [0.05, 0.1) is 12.5 Å². The number of carbonyl (C=O) groups is 3. The Labute approximate surface area is 240 Å². The van der Waals surface area contributed by atoms with Crippen LogP contribution in [-0.4, -0.2) is 22.9 Å². The summed E-state index contributed by atoms with van der Waals surface area (Å²) in [6.45, 7) is 2.40. The van der Waals surface area contributed by atoms with Gasteiger partial charge in [0, 0.05) is 29.2 Å². The minimum Gasteiger partial charge on any atom is -0.481 e. The third-order valence-corrected chi connectivity index (χ3v) is 8.62. The molecule has 1 unspecified atom stereocenters. The van der Waals surface area contributed by atoms with E-state index in [-0.39, 0.29) is 30.1 Å². The van der Waals surface area contributed by atoms with Crippen molar-refractivity contribution in [3.63, 3.8) is 0 Å². The summed E-state index contributed by atoms with van der Waals surface area (Å²) in [6.07, 6.45) is 5.91. The van der Waals surface area contributed by atoms with Crippen LogP contribution < -0.4 is 10.2 Å². The highest BCUT2D eigenvalue weighted by molar-refractivity contribution is 6.30. The van der Waals surface area contributed by atoms with E-state index in [9.17, 15) is 14.4 Å². The van der Waals surface area contributed by atoms with Gasteiger partial charge < -0.3 is 15.3 Å². The highest BCUT2D eigenvalue weighted by Gasteiger charge is 2.32. The molecule has 5 rings (SSSR count). The molecule has 0 radical (unpaired) electrons. The van der Waals surface area contributed by atoms with Gasteiger partial charge in [-0.05, 0) is 90.6 Å². The number of rotatable bonds is 9. The maximum Gasteiger partial charge on any atom is 0.303 e. The molecule has 2 amide bonds. The number of nitrogens with zero attached hydrogens (tertiary/aromatic N) is 1. The number of carboxylic acid groups (broad SMARTS) is 1. The van der Waals surface area contributed by atoms with Gasteiger partial charge in [0.2, 0.25) is 11.8 Å². The molecule has 3 aromatic carbocycles. The van der Waals surface area contributed by atoms with Gasteiger partial charge in [-0.3, -0.25) is 14.4 Å². The average molecular weight is 559 g/mol. The molecule has 1 atom stereocenters. The first-order chi connectivity index (χ1) is 19.3. The molecule has 0 spiro atoms. The van der Waals surface area contributed by atoms with Crippen molar-refractivity contribution in [3.8, 4) is 0 Å². The van der Waals surface area contributed by atoms with E-state index in [1.54, 1.807) is 0 Å². The minimum absolute atomic E-state index is 0.0323. The molecule has 208 valence electrons. The zero-order valence-corrected chi connectivity index (χ0v) is 23.5. The first-order valence-corrected chi connectivity index (χ1v) is 14.5. The first-order valence-electron chi connectivity index (χ1n) is 14.1. The largest absolute Gasteiger partial charge is 0.481 e. The Kier molecular flexibility index (Phi) is 8.55. The maximum absolute atomic E-state index is 13.8. The summed E-state index contributed by atoms with van der Waals surface area (Å²) in [5, 5.41) is 12.9. The number of fused-ring (bicyclic) bond motifs is 1. The lowest BCUT2D eigenvalue weighted by Crippen LogP contribution is -2.34. The molecule has 6 nitrogen and oxygen atoms in total. The first kappa shape index (κ1) is 27.9. The molecule has 1 aliphatic heterocycles. The average Bonchev–Trinajstić information content (AvgIpc) is 3.46. The lowest BCUT2D eigenvalue weighted by atomic mass is 9.83. The molecule has 1 aliphatic carbocycles. The Hall–Kier alpha value is -3.64. The van der Waals surface area contributed by atoms with Gasteiger partial charge in [-0.1, -0.05) is 60.8 Å². The molecule has 1 fully saturated rings. The predicted octanol–water partition coefficient (Wildman–Crippen LogP) is 7.06. The van der Waals surface area contributed by atoms with E-state index in [1.165, 1.54) is 0 Å². The van der Waals surface area contributed by atoms with Crippen molar-refractivity contribution in [1.29, 1.82) is 0 Å². The number of carbonyl (C=O) groups excluding carboxylic acids is 2. The summed E-state index contributed by atoms with van der Waals surface area (Å²) in [5.74, 6) is -0.783. The Morgan fingerprint density at radius 2 is 1.80 bits per heavy atom. The molecule has 1 heterocycles. The van der Waals surface area contributed by atoms with Gasteiger partial charge in [0.1, 0.15) is 0 Å². The number of benzene rings is 3. The quantitative estimate of drug-likeness (QED) is 0.294. The van der Waals surface area contributed by atoms with E-state index in [2.05, 4.69) is 5.32 Å². The van der Waals surface area contributed by atoms with Crippen molar-refractivity contribution in [1.82, 2.24) is 0 Å². The fraction of sp³-hybridized carbons (Fsp3) is 0.364. The number of aryl methyl sites for hydroxylation is 2. The van der Waals surface area contributed by atoms with Crippen molar-refractivity contribution in [2.24, 2.45) is 5.92 Å². The van der Waals surface area contributed by atoms with Crippen molar-refractivity contribution in [2.45, 2.75) is 70.8 Å². The lowest BCUT2D eigenvalue weighted by Gasteiger charge is -2.30. The van der Waals surface area contributed by atoms with Crippen LogP contribution in [0.15, 0.2) is 60.7 Å². The van der Waals surface area contributed by atoms with E-state index >= 15 is 0 Å². The van der Waals surface area contributed by atoms with E-state index in [0.29, 0.717) is 30.8 Å². The van der Waals surface area contributed by atoms with E-state index in [0.717, 1.165) is 64.9 Å². The number of amides is 2. The van der Waals surface area contributed by atoms with Crippen LogP contribution in [0.4, 0.5) is 11.4 Å². The molecule has 0 bridgehead atoms. The summed E-state index contributed by atoms with van der Waals surface area (Å²) in [5.41, 5.74) is 6.55. The van der Waals surface area contributed by atoms with Gasteiger partial charge in [-0.25, -0.2) is 0 Å². The summed E-state index contributed by atoms with van der Waals surface area (Å²) in [6, 6.07) is 19.5. The highest BCUT2D eigenvalue weighted by Crippen LogP contribution is 2.39. The van der Waals surface area contributed by atoms with E-state index in [4.69, 9.17) is 16.7 Å². The number of carboxylic acids is 1. The summed E-state index contributed by atoms with van der Waals surface area (Å²) < 4.78 is 0. The smallest absolute Gasteiger partial charge is 0.303 e. The third-order valence-electron chi connectivity index (χ3n) is 8.39. The standard InChI is InChI=1S/C33H35ClN2O4/c1-21-23(14-18-31(38)39)7-4-8-28(21)35-33(40)32(24-5-2-3-6-24)25-11-9-22(10-12-25)20-36-29-16-15-27(34)19-26(29)13-17-30(36)37/h4,7-12,15-16,19,24,32H,2-3,5-6,13-14,17-18,20H2,1H3,(H,35,40)(H,38,39). The van der Waals surface area contributed by atoms with Crippen LogP contribution in [0.5, 0.6) is 0 Å². The number of hydrogen-bond acceptors (Lipinski definition) is 3. The van der Waals surface area contributed by atoms with Crippen molar-refractivity contribution >= 4 is 40.8 Å². The van der Waals surface area contributed by atoms with Crippen LogP contribution in [0.25, 0.3) is 0 Å². The second-order valence-corrected chi connectivity index (χ2v) is 11.4. The molecule has 7 heteroatoms. The maximum atomic E-state index is 13.8. The molecular formula is C33H35ClN2O4. The topological polar surface area (TPSA) is 86.7 Å². The number of anilines is 2. The number of aliphatic carboxylic acids is 1. The predicted molar refractivity (Wildman–Crippen MR) is 158 cm³/mol. The van der Waals surface area contributed by atoms with Gasteiger partial charge >= 0.3 is 5.97 Å². The van der Waals surface area contributed by atoms with Crippen molar-refractivity contribution < 1.29 is 19.5 Å². The molecule has 0 saturated heterocycles. The van der Waals surface area contributed by atoms with Crippen molar-refractivity contribution in [2.75, 3.05) is 10.2 Å². The number of hydrogen-bond donors (Lipinski definition) is 2. The molecule has 2 N–H and O–H groups in total. The van der Waals surface area contributed by atoms with Gasteiger partial charge in [0.25, 0.3) is 0 Å². The SMILES string of the molecule is Cc1c(CCC(=O)O)cccc1NC(=O)C(c1ccc(CN2C(=O)CCc3cc(Cl)ccc32)cc1)C1CCCC1. The van der Waals surface area contributed by atoms with Crippen LogP contribution in [0.1, 0.15) is 72.3 Å². The van der Waals surface area contributed by atoms with E-state index < -0.39 is 5.97 Å². The fourth-order valence-corrected chi connectivity index (χ4v) is 6.38. The summed E-state index contributed by atoms with van der Waals surface area (Å²) in [7, 11) is 0. The molecule has 3 aromatic rings. The van der Waals surface area contributed by atoms with Crippen LogP contribution in [-0.2, 0) is 33.8 Å². The van der Waals surface area contributed by atoms with E-state index in [1.807, 2.05) is 72.5 Å². The molecule has 1 saturated carbocycles. The van der Waals surface area contributed by atoms with Gasteiger partial charge in [-0.2, -0.15) is 0 Å². The van der Waals surface area contributed by atoms with Crippen LogP contribution in [0, 0.1) is 12.8 Å². The summed E-state index contributed by atoms with van der Waals surface area (Å²) >= 11 is 6.18. The van der Waals surface area contributed by atoms with Crippen LogP contribution in [0.3, 0.4) is 0 Å². The molecular weight excluding hydrogens is 524 g/mol. The van der Waals surface area contributed by atoms with Gasteiger partial charge in [0.15, 0.2) is 0 Å². The fourth-order valence-electron chi connectivity index (χ4n) is 6.18. The second kappa shape index (κ2) is 12.3. The van der Waals surface area contributed by atoms with Crippen LogP contribution >= 0.6 is 11.6 Å². The lowest BCUT2D eigenvalue weighted by molar-refractivity contribution is -0.137. The monoisotopic (exact) mass is 558 g/mol. The minimum atomic E-state index is -0.836. The Morgan fingerprint density at radius 1 is 1.05 bits per heavy atom. The Morgan fingerprint density at radius 3 is 2.52 bits per heavy atom. The summed E-state index contributed by atoms with van der Waals surface area (Å²) in [4.78, 5) is 39.5. The number of nitrogens with one attached hydrogen (secondary N) is 1. The zero-order valence-electron chi connectivity index (χ0n) is 22.8. The Bertz CT molecular complexity index is 1410. The number of halogens is 1. The second-order valence-electron chi connectivity index (χ2n) is 11.0. The molecule has 2 aliphatic rings. The zero-order chi connectivity index (χ0) is 28.2. The van der Waals surface area contributed by atoms with Crippen molar-refractivity contribution in [3.05, 3.63) is 93.5 Å².